The summed E-state index contributed by atoms with van der Waals surface area (Å²) >= 11 is 0. The molecule has 14 heavy (non-hydrogen) atoms. The lowest BCUT2D eigenvalue weighted by molar-refractivity contribution is -0.116. The normalized spacial score (nSPS) is 10.3. The van der Waals surface area contributed by atoms with Gasteiger partial charge in [0.2, 0.25) is 5.91 Å². The van der Waals surface area contributed by atoms with E-state index in [-0.39, 0.29) is 5.91 Å². The number of amides is 1. The second-order valence-corrected chi connectivity index (χ2v) is 3.67. The average molecular weight is 193 g/mol. The first-order valence-corrected chi connectivity index (χ1v) is 4.66. The van der Waals surface area contributed by atoms with E-state index in [2.05, 4.69) is 15.3 Å². The molecule has 76 valence electrons. The van der Waals surface area contributed by atoms with Crippen LogP contribution in [0.3, 0.4) is 0 Å². The lowest BCUT2D eigenvalue weighted by Crippen LogP contribution is -2.14. The van der Waals surface area contributed by atoms with Gasteiger partial charge in [0, 0.05) is 6.42 Å². The van der Waals surface area contributed by atoms with Gasteiger partial charge in [0.1, 0.15) is 5.82 Å². The Morgan fingerprint density at radius 2 is 2.00 bits per heavy atom. The van der Waals surface area contributed by atoms with Gasteiger partial charge in [-0.25, -0.2) is 9.97 Å². The zero-order valence-corrected chi connectivity index (χ0v) is 8.74. The van der Waals surface area contributed by atoms with Crippen molar-refractivity contribution in [3.8, 4) is 0 Å². The summed E-state index contributed by atoms with van der Waals surface area (Å²) in [7, 11) is 0. The van der Waals surface area contributed by atoms with Crippen LogP contribution in [0, 0.1) is 12.8 Å². The van der Waals surface area contributed by atoms with Gasteiger partial charge < -0.3 is 5.32 Å². The fraction of sp³-hybridized carbons (Fsp3) is 0.500. The minimum Gasteiger partial charge on any atom is -0.323 e. The van der Waals surface area contributed by atoms with E-state index >= 15 is 0 Å². The molecule has 0 aliphatic rings. The summed E-state index contributed by atoms with van der Waals surface area (Å²) in [5, 5.41) is 2.74. The second kappa shape index (κ2) is 4.69. The maximum Gasteiger partial charge on any atom is 0.224 e. The fourth-order valence-electron chi connectivity index (χ4n) is 1.04. The van der Waals surface area contributed by atoms with Crippen LogP contribution in [0.2, 0.25) is 0 Å². The molecule has 1 aromatic rings. The van der Waals surface area contributed by atoms with Crippen molar-refractivity contribution in [3.63, 3.8) is 0 Å². The van der Waals surface area contributed by atoms with Gasteiger partial charge in [-0.3, -0.25) is 4.79 Å². The number of hydrogen-bond acceptors (Lipinski definition) is 3. The molecule has 0 aliphatic heterocycles. The largest absolute Gasteiger partial charge is 0.323 e. The van der Waals surface area contributed by atoms with E-state index < -0.39 is 0 Å². The molecule has 0 fully saturated rings. The van der Waals surface area contributed by atoms with Gasteiger partial charge in [0.25, 0.3) is 0 Å². The molecule has 0 unspecified atom stereocenters. The Kier molecular flexibility index (Phi) is 3.56. The second-order valence-electron chi connectivity index (χ2n) is 3.67. The molecule has 1 N–H and O–H groups in total. The molecule has 0 aliphatic carbocycles. The third-order valence-electron chi connectivity index (χ3n) is 1.66. The average Bonchev–Trinajstić information content (AvgIpc) is 2.07. The Morgan fingerprint density at radius 3 is 2.50 bits per heavy atom. The number of carbonyl (C=O) groups excluding carboxylic acids is 1. The number of aromatic nitrogens is 2. The molecule has 1 amide bonds. The highest BCUT2D eigenvalue weighted by Gasteiger charge is 2.05. The molecule has 1 rings (SSSR count). The van der Waals surface area contributed by atoms with Gasteiger partial charge in [-0.05, 0) is 12.8 Å². The molecule has 0 saturated carbocycles. The van der Waals surface area contributed by atoms with Crippen LogP contribution in [-0.4, -0.2) is 15.9 Å². The van der Waals surface area contributed by atoms with Gasteiger partial charge in [-0.1, -0.05) is 13.8 Å². The van der Waals surface area contributed by atoms with E-state index in [9.17, 15) is 4.79 Å². The van der Waals surface area contributed by atoms with Crippen molar-refractivity contribution in [1.82, 2.24) is 9.97 Å². The Hall–Kier alpha value is -1.45. The van der Waals surface area contributed by atoms with E-state index in [1.165, 1.54) is 0 Å². The lowest BCUT2D eigenvalue weighted by Gasteiger charge is -2.06. The van der Waals surface area contributed by atoms with Crippen molar-refractivity contribution in [2.24, 2.45) is 5.92 Å². The molecular formula is C10H15N3O. The van der Waals surface area contributed by atoms with E-state index in [1.807, 2.05) is 13.8 Å². The smallest absolute Gasteiger partial charge is 0.224 e. The monoisotopic (exact) mass is 193 g/mol. The minimum absolute atomic E-state index is 0.00690. The van der Waals surface area contributed by atoms with E-state index in [1.54, 1.807) is 19.3 Å². The molecule has 4 nitrogen and oxygen atoms in total. The van der Waals surface area contributed by atoms with Gasteiger partial charge in [-0.2, -0.15) is 0 Å². The molecule has 0 spiro atoms. The van der Waals surface area contributed by atoms with Crippen LogP contribution >= 0.6 is 0 Å². The first-order valence-electron chi connectivity index (χ1n) is 4.66. The first kappa shape index (κ1) is 10.6. The minimum atomic E-state index is 0.00690. The molecular weight excluding hydrogens is 178 g/mol. The van der Waals surface area contributed by atoms with Gasteiger partial charge in [-0.15, -0.1) is 0 Å². The Morgan fingerprint density at radius 1 is 1.43 bits per heavy atom. The zero-order valence-electron chi connectivity index (χ0n) is 8.74. The van der Waals surface area contributed by atoms with Crippen LogP contribution < -0.4 is 5.32 Å². The number of nitrogens with one attached hydrogen (secondary N) is 1. The Labute approximate surface area is 83.8 Å². The highest BCUT2D eigenvalue weighted by molar-refractivity contribution is 5.90. The predicted molar refractivity (Wildman–Crippen MR) is 54.9 cm³/mol. The Bertz CT molecular complexity index is 306. The van der Waals surface area contributed by atoms with Crippen molar-refractivity contribution >= 4 is 11.6 Å². The molecule has 0 atom stereocenters. The number of carbonyl (C=O) groups is 1. The van der Waals surface area contributed by atoms with Crippen LogP contribution in [0.5, 0.6) is 0 Å². The number of nitrogens with zero attached hydrogens (tertiary/aromatic N) is 2. The number of hydrogen-bond donors (Lipinski definition) is 1. The predicted octanol–water partition coefficient (Wildman–Crippen LogP) is 1.77. The van der Waals surface area contributed by atoms with Crippen LogP contribution in [0.15, 0.2) is 12.4 Å². The number of aryl methyl sites for hydroxylation is 1. The maximum atomic E-state index is 11.3. The van der Waals surface area contributed by atoms with E-state index in [4.69, 9.17) is 0 Å². The summed E-state index contributed by atoms with van der Waals surface area (Å²) in [5.74, 6) is 1.07. The van der Waals surface area contributed by atoms with Gasteiger partial charge >= 0.3 is 0 Å². The molecule has 4 heteroatoms. The topological polar surface area (TPSA) is 54.9 Å². The van der Waals surface area contributed by atoms with E-state index in [0.29, 0.717) is 23.9 Å². The maximum absolute atomic E-state index is 11.3. The van der Waals surface area contributed by atoms with Crippen molar-refractivity contribution in [2.45, 2.75) is 27.2 Å². The highest BCUT2D eigenvalue weighted by Crippen LogP contribution is 2.06. The van der Waals surface area contributed by atoms with Gasteiger partial charge in [0.15, 0.2) is 0 Å². The number of anilines is 1. The summed E-state index contributed by atoms with van der Waals surface area (Å²) < 4.78 is 0. The SMILES string of the molecule is Cc1ncc(NC(=O)CC(C)C)cn1. The van der Waals surface area contributed by atoms with Crippen LogP contribution in [0.1, 0.15) is 26.1 Å². The van der Waals surface area contributed by atoms with E-state index in [0.717, 1.165) is 0 Å². The van der Waals surface area contributed by atoms with Crippen LogP contribution in [0.25, 0.3) is 0 Å². The summed E-state index contributed by atoms with van der Waals surface area (Å²) in [4.78, 5) is 19.3. The zero-order chi connectivity index (χ0) is 10.6. The Balaban J connectivity index is 2.52. The third-order valence-corrected chi connectivity index (χ3v) is 1.66. The molecule has 0 aromatic carbocycles. The standard InChI is InChI=1S/C10H15N3O/c1-7(2)4-10(14)13-9-5-11-8(3)12-6-9/h5-7H,4H2,1-3H3,(H,13,14). The summed E-state index contributed by atoms with van der Waals surface area (Å²) in [6, 6.07) is 0. The molecule has 0 radical (unpaired) electrons. The first-order chi connectivity index (χ1) is 6.58. The lowest BCUT2D eigenvalue weighted by atomic mass is 10.1. The van der Waals surface area contributed by atoms with Crippen LogP contribution in [-0.2, 0) is 4.79 Å². The number of rotatable bonds is 3. The summed E-state index contributed by atoms with van der Waals surface area (Å²) in [6.07, 6.45) is 3.75. The van der Waals surface area contributed by atoms with Crippen molar-refractivity contribution in [3.05, 3.63) is 18.2 Å². The highest BCUT2D eigenvalue weighted by atomic mass is 16.1. The van der Waals surface area contributed by atoms with Crippen molar-refractivity contribution < 1.29 is 4.79 Å². The van der Waals surface area contributed by atoms with Crippen molar-refractivity contribution in [1.29, 1.82) is 0 Å². The van der Waals surface area contributed by atoms with Gasteiger partial charge in [0.05, 0.1) is 18.1 Å². The van der Waals surface area contributed by atoms with Crippen molar-refractivity contribution in [2.75, 3.05) is 5.32 Å². The quantitative estimate of drug-likeness (QED) is 0.796. The fourth-order valence-corrected chi connectivity index (χ4v) is 1.04. The third kappa shape index (κ3) is 3.51. The summed E-state index contributed by atoms with van der Waals surface area (Å²) in [6.45, 7) is 5.82. The molecule has 0 saturated heterocycles. The van der Waals surface area contributed by atoms with Crippen LogP contribution in [0.4, 0.5) is 5.69 Å². The molecule has 0 bridgehead atoms. The molecule has 1 heterocycles. The molecule has 1 aromatic heterocycles. The summed E-state index contributed by atoms with van der Waals surface area (Å²) in [5.41, 5.74) is 0.654.